The van der Waals surface area contributed by atoms with E-state index in [9.17, 15) is 19.2 Å². The average molecular weight is 476 g/mol. The number of benzene rings is 1. The van der Waals surface area contributed by atoms with Crippen LogP contribution in [0, 0.1) is 5.92 Å². The summed E-state index contributed by atoms with van der Waals surface area (Å²) in [5.41, 5.74) is 3.20. The zero-order chi connectivity index (χ0) is 24.5. The summed E-state index contributed by atoms with van der Waals surface area (Å²) < 4.78 is 1.81. The largest absolute Gasteiger partial charge is 0.334 e. The zero-order valence-electron chi connectivity index (χ0n) is 19.2. The second kappa shape index (κ2) is 9.16. The third-order valence-corrected chi connectivity index (χ3v) is 6.55. The lowest BCUT2D eigenvalue weighted by Crippen LogP contribution is -2.53. The SMILES string of the molecule is Cn1cnnc1-c1ccc(NC(=O)NCC2=CC=C3C(=O)N(C4CCC(=O)NC4=O)CC3C2)cc1. The van der Waals surface area contributed by atoms with Crippen LogP contribution in [0.5, 0.6) is 0 Å². The third-order valence-electron chi connectivity index (χ3n) is 6.55. The summed E-state index contributed by atoms with van der Waals surface area (Å²) in [6.07, 6.45) is 6.46. The van der Waals surface area contributed by atoms with Crippen molar-refractivity contribution in [1.82, 2.24) is 30.3 Å². The van der Waals surface area contributed by atoms with Gasteiger partial charge in [0.2, 0.25) is 11.8 Å². The topological polar surface area (TPSA) is 138 Å². The highest BCUT2D eigenvalue weighted by atomic mass is 16.2. The second-order valence-corrected chi connectivity index (χ2v) is 8.92. The fraction of sp³-hybridized carbons (Fsp3) is 0.333. The zero-order valence-corrected chi connectivity index (χ0v) is 19.2. The van der Waals surface area contributed by atoms with E-state index in [-0.39, 0.29) is 30.2 Å². The number of hydrogen-bond acceptors (Lipinski definition) is 6. The Morgan fingerprint density at radius 3 is 2.69 bits per heavy atom. The minimum Gasteiger partial charge on any atom is -0.334 e. The van der Waals surface area contributed by atoms with Crippen LogP contribution in [0.3, 0.4) is 0 Å². The van der Waals surface area contributed by atoms with E-state index in [1.807, 2.05) is 29.8 Å². The fourth-order valence-electron chi connectivity index (χ4n) is 4.73. The summed E-state index contributed by atoms with van der Waals surface area (Å²) in [7, 11) is 1.86. The van der Waals surface area contributed by atoms with Crippen LogP contribution in [0.25, 0.3) is 11.4 Å². The van der Waals surface area contributed by atoms with Crippen molar-refractivity contribution < 1.29 is 19.2 Å². The molecular formula is C24H25N7O4. The highest BCUT2D eigenvalue weighted by Gasteiger charge is 2.43. The lowest BCUT2D eigenvalue weighted by atomic mass is 9.89. The van der Waals surface area contributed by atoms with Gasteiger partial charge in [-0.05, 0) is 37.1 Å². The maximum atomic E-state index is 12.8. The van der Waals surface area contributed by atoms with Gasteiger partial charge in [0, 0.05) is 49.3 Å². The van der Waals surface area contributed by atoms with Gasteiger partial charge in [-0.2, -0.15) is 0 Å². The maximum absolute atomic E-state index is 12.8. The second-order valence-electron chi connectivity index (χ2n) is 8.92. The molecule has 0 saturated carbocycles. The molecule has 5 amide bonds. The van der Waals surface area contributed by atoms with Gasteiger partial charge < -0.3 is 20.1 Å². The van der Waals surface area contributed by atoms with Crippen LogP contribution in [-0.4, -0.2) is 62.5 Å². The van der Waals surface area contributed by atoms with Crippen LogP contribution in [0.15, 0.2) is 53.9 Å². The summed E-state index contributed by atoms with van der Waals surface area (Å²) in [4.78, 5) is 50.4. The molecule has 3 heterocycles. The fourth-order valence-corrected chi connectivity index (χ4v) is 4.73. The van der Waals surface area contributed by atoms with Crippen molar-refractivity contribution in [3.05, 3.63) is 53.9 Å². The number of piperidine rings is 1. The van der Waals surface area contributed by atoms with Gasteiger partial charge in [0.15, 0.2) is 5.82 Å². The van der Waals surface area contributed by atoms with Gasteiger partial charge in [-0.25, -0.2) is 4.79 Å². The molecule has 3 N–H and O–H groups in total. The number of imide groups is 1. The minimum atomic E-state index is -0.612. The third kappa shape index (κ3) is 4.57. The Labute approximate surface area is 201 Å². The number of amides is 5. The van der Waals surface area contributed by atoms with Crippen LogP contribution < -0.4 is 16.0 Å². The summed E-state index contributed by atoms with van der Waals surface area (Å²) >= 11 is 0. The Bertz CT molecular complexity index is 1260. The van der Waals surface area contributed by atoms with Gasteiger partial charge in [-0.15, -0.1) is 10.2 Å². The molecule has 2 fully saturated rings. The predicted molar refractivity (Wildman–Crippen MR) is 126 cm³/mol. The van der Waals surface area contributed by atoms with Crippen LogP contribution in [-0.2, 0) is 21.4 Å². The van der Waals surface area contributed by atoms with E-state index in [1.165, 1.54) is 0 Å². The highest BCUT2D eigenvalue weighted by Crippen LogP contribution is 2.35. The van der Waals surface area contributed by atoms with Crippen molar-refractivity contribution in [1.29, 1.82) is 0 Å². The van der Waals surface area contributed by atoms with Gasteiger partial charge in [0.25, 0.3) is 5.91 Å². The van der Waals surface area contributed by atoms with E-state index in [0.717, 1.165) is 17.0 Å². The quantitative estimate of drug-likeness (QED) is 0.554. The Kier molecular flexibility index (Phi) is 5.89. The maximum Gasteiger partial charge on any atom is 0.319 e. The monoisotopic (exact) mass is 475 g/mol. The summed E-state index contributed by atoms with van der Waals surface area (Å²) in [5.74, 6) is -0.172. The summed E-state index contributed by atoms with van der Waals surface area (Å²) in [6.45, 7) is 0.772. The van der Waals surface area contributed by atoms with Gasteiger partial charge in [-0.3, -0.25) is 19.7 Å². The number of nitrogens with one attached hydrogen (secondary N) is 3. The molecule has 35 heavy (non-hydrogen) atoms. The van der Waals surface area contributed by atoms with E-state index >= 15 is 0 Å². The first-order valence-electron chi connectivity index (χ1n) is 11.4. The van der Waals surface area contributed by atoms with Crippen LogP contribution in [0.1, 0.15) is 19.3 Å². The van der Waals surface area contributed by atoms with Crippen LogP contribution in [0.2, 0.25) is 0 Å². The molecular weight excluding hydrogens is 450 g/mol. The standard InChI is InChI=1S/C24H25N7O4/c1-30-13-26-29-21(30)15-3-5-17(6-4-15)27-24(35)25-11-14-2-7-18-16(10-14)12-31(23(18)34)19-8-9-20(32)28-22(19)33/h2-7,13,16,19H,8-12H2,1H3,(H2,25,27,35)(H,28,32,33). The van der Waals surface area contributed by atoms with E-state index in [1.54, 1.807) is 29.4 Å². The number of likely N-dealkylation sites (tertiary alicyclic amines) is 1. The van der Waals surface area contributed by atoms with Crippen molar-refractivity contribution in [3.8, 4) is 11.4 Å². The van der Waals surface area contributed by atoms with Gasteiger partial charge >= 0.3 is 6.03 Å². The van der Waals surface area contributed by atoms with Crippen LogP contribution in [0.4, 0.5) is 10.5 Å². The molecule has 0 bridgehead atoms. The molecule has 2 atom stereocenters. The van der Waals surface area contributed by atoms with Crippen molar-refractivity contribution in [3.63, 3.8) is 0 Å². The van der Waals surface area contributed by atoms with E-state index in [4.69, 9.17) is 0 Å². The highest BCUT2D eigenvalue weighted by molar-refractivity contribution is 6.05. The number of allylic oxidation sites excluding steroid dienone is 2. The van der Waals surface area contributed by atoms with E-state index in [0.29, 0.717) is 37.2 Å². The lowest BCUT2D eigenvalue weighted by molar-refractivity contribution is -0.142. The number of anilines is 1. The number of aryl methyl sites for hydroxylation is 1. The Morgan fingerprint density at radius 2 is 1.97 bits per heavy atom. The normalized spacial score (nSPS) is 21.7. The average Bonchev–Trinajstić information content (AvgIpc) is 3.41. The number of aromatic nitrogens is 3. The number of carbonyl (C=O) groups is 4. The van der Waals surface area contributed by atoms with Crippen molar-refractivity contribution in [2.75, 3.05) is 18.4 Å². The first-order valence-corrected chi connectivity index (χ1v) is 11.4. The number of nitrogens with zero attached hydrogens (tertiary/aromatic N) is 4. The molecule has 1 aliphatic carbocycles. The predicted octanol–water partition coefficient (Wildman–Crippen LogP) is 1.12. The molecule has 2 unspecified atom stereocenters. The van der Waals surface area contributed by atoms with E-state index < -0.39 is 11.9 Å². The molecule has 0 radical (unpaired) electrons. The molecule has 5 rings (SSSR count). The Balaban J connectivity index is 1.13. The van der Waals surface area contributed by atoms with Crippen molar-refractivity contribution in [2.45, 2.75) is 25.3 Å². The van der Waals surface area contributed by atoms with Gasteiger partial charge in [0.1, 0.15) is 12.4 Å². The minimum absolute atomic E-state index is 0.0362. The smallest absolute Gasteiger partial charge is 0.319 e. The number of urea groups is 1. The molecule has 2 aliphatic heterocycles. The lowest BCUT2D eigenvalue weighted by Gasteiger charge is -2.29. The molecule has 180 valence electrons. The number of fused-ring (bicyclic) bond motifs is 1. The molecule has 2 saturated heterocycles. The molecule has 1 aromatic heterocycles. The summed E-state index contributed by atoms with van der Waals surface area (Å²) in [5, 5.41) is 15.9. The molecule has 2 aromatic rings. The van der Waals surface area contributed by atoms with Crippen LogP contribution >= 0.6 is 0 Å². The number of rotatable bonds is 5. The number of carbonyl (C=O) groups excluding carboxylic acids is 4. The van der Waals surface area contributed by atoms with Gasteiger partial charge in [-0.1, -0.05) is 17.7 Å². The molecule has 11 nitrogen and oxygen atoms in total. The van der Waals surface area contributed by atoms with Crippen molar-refractivity contribution >= 4 is 29.4 Å². The Hall–Kier alpha value is -4.28. The molecule has 3 aliphatic rings. The van der Waals surface area contributed by atoms with E-state index in [2.05, 4.69) is 26.1 Å². The number of hydrogen-bond donors (Lipinski definition) is 3. The molecule has 11 heteroatoms. The van der Waals surface area contributed by atoms with Crippen molar-refractivity contribution in [2.24, 2.45) is 13.0 Å². The Morgan fingerprint density at radius 1 is 1.17 bits per heavy atom. The first-order chi connectivity index (χ1) is 16.9. The molecule has 1 aromatic carbocycles. The summed E-state index contributed by atoms with van der Waals surface area (Å²) in [6, 6.07) is 6.37. The first kappa shape index (κ1) is 22.5. The molecule has 0 spiro atoms. The van der Waals surface area contributed by atoms with Gasteiger partial charge in [0.05, 0.1) is 0 Å².